The predicted molar refractivity (Wildman–Crippen MR) is 110 cm³/mol. The first-order valence-electron chi connectivity index (χ1n) is 8.36. The predicted octanol–water partition coefficient (Wildman–Crippen LogP) is 4.11. The zero-order valence-electron chi connectivity index (χ0n) is 15.2. The third-order valence-electron chi connectivity index (χ3n) is 3.50. The normalized spacial score (nSPS) is 12.4. The Labute approximate surface area is 161 Å². The van der Waals surface area contributed by atoms with Gasteiger partial charge in [-0.1, -0.05) is 49.5 Å². The summed E-state index contributed by atoms with van der Waals surface area (Å²) < 4.78 is 0.783. The molecule has 2 aromatic rings. The number of aromatic nitrogens is 2. The van der Waals surface area contributed by atoms with Crippen molar-refractivity contribution in [1.82, 2.24) is 10.2 Å². The highest BCUT2D eigenvalue weighted by Gasteiger charge is 2.22. The molecule has 1 aliphatic rings. The molecule has 1 aliphatic heterocycles. The number of nitriles is 1. The van der Waals surface area contributed by atoms with Crippen LogP contribution in [0.4, 0.5) is 5.69 Å². The van der Waals surface area contributed by atoms with Gasteiger partial charge in [-0.3, -0.25) is 9.80 Å². The second kappa shape index (κ2) is 9.46. The van der Waals surface area contributed by atoms with Crippen molar-refractivity contribution in [2.75, 3.05) is 11.6 Å². The minimum Gasteiger partial charge on any atom is -0.267 e. The molecule has 0 fully saturated rings. The fourth-order valence-corrected chi connectivity index (χ4v) is 4.34. The van der Waals surface area contributed by atoms with E-state index in [-0.39, 0.29) is 5.56 Å². The van der Waals surface area contributed by atoms with Gasteiger partial charge in [-0.2, -0.15) is 15.5 Å². The fraction of sp³-hybridized carbons (Fsp3) is 0.333. The highest BCUT2D eigenvalue weighted by Crippen LogP contribution is 2.37. The van der Waals surface area contributed by atoms with E-state index in [9.17, 15) is 10.1 Å². The third kappa shape index (κ3) is 4.48. The summed E-state index contributed by atoms with van der Waals surface area (Å²) in [5.41, 5.74) is 3.23. The van der Waals surface area contributed by atoms with Crippen molar-refractivity contribution in [1.29, 1.82) is 5.26 Å². The van der Waals surface area contributed by atoms with Crippen molar-refractivity contribution in [3.63, 3.8) is 0 Å². The Balaban J connectivity index is 0.00000117. The molecule has 0 saturated carbocycles. The summed E-state index contributed by atoms with van der Waals surface area (Å²) in [6.07, 6.45) is 1.62. The molecule has 0 atom stereocenters. The maximum absolute atomic E-state index is 12.0. The largest absolute Gasteiger partial charge is 0.280 e. The van der Waals surface area contributed by atoms with Crippen LogP contribution < -0.4 is 10.6 Å². The Kier molecular flexibility index (Phi) is 7.30. The maximum Gasteiger partial charge on any atom is 0.280 e. The summed E-state index contributed by atoms with van der Waals surface area (Å²) >= 11 is 2.87. The van der Waals surface area contributed by atoms with E-state index in [2.05, 4.69) is 21.4 Å². The Hall–Kier alpha value is -2.24. The molecule has 6 nitrogen and oxygen atoms in total. The number of nitrogens with one attached hydrogen (secondary N) is 1. The van der Waals surface area contributed by atoms with E-state index in [0.717, 1.165) is 21.2 Å². The average Bonchev–Trinajstić information content (AvgIpc) is 2.68. The molecule has 0 bridgehead atoms. The second-order valence-electron chi connectivity index (χ2n) is 5.16. The molecule has 3 rings (SSSR count). The number of thioether (sulfide) groups is 2. The molecular formula is C18H21N5OS2. The van der Waals surface area contributed by atoms with Crippen LogP contribution in [0.15, 0.2) is 39.2 Å². The van der Waals surface area contributed by atoms with Gasteiger partial charge in [0.05, 0.1) is 23.5 Å². The standard InChI is InChI=1S/C16H15N5OS2.C2H6/c1-3-21-13-8-18-19-15(22)14(13)24-16(20-21)23-9-11-5-4-10(2)6-12(11)7-17;1-2/h4-6,8H,3,9H2,1-2H3,(H,19,22);1-2H3. The van der Waals surface area contributed by atoms with Crippen molar-refractivity contribution in [3.8, 4) is 6.07 Å². The Bertz CT molecular complexity index is 901. The van der Waals surface area contributed by atoms with Crippen LogP contribution in [0, 0.1) is 18.3 Å². The summed E-state index contributed by atoms with van der Waals surface area (Å²) in [6.45, 7) is 8.59. The highest BCUT2D eigenvalue weighted by atomic mass is 32.2. The first kappa shape index (κ1) is 20.1. The number of hydrogen-bond donors (Lipinski definition) is 1. The number of fused-ring (bicyclic) bond motifs is 1. The molecule has 8 heteroatoms. The molecule has 26 heavy (non-hydrogen) atoms. The van der Waals surface area contributed by atoms with E-state index in [1.807, 2.05) is 45.9 Å². The van der Waals surface area contributed by atoms with E-state index < -0.39 is 0 Å². The summed E-state index contributed by atoms with van der Waals surface area (Å²) in [7, 11) is 0. The molecule has 1 aromatic carbocycles. The van der Waals surface area contributed by atoms with Crippen LogP contribution >= 0.6 is 23.5 Å². The van der Waals surface area contributed by atoms with Crippen LogP contribution in [0.5, 0.6) is 0 Å². The number of hydrazone groups is 1. The summed E-state index contributed by atoms with van der Waals surface area (Å²) in [5, 5.41) is 21.9. The number of rotatable bonds is 3. The van der Waals surface area contributed by atoms with Gasteiger partial charge in [0.15, 0.2) is 4.38 Å². The SMILES string of the molecule is CC.CCN1N=C(SCc2ccc(C)cc2C#N)Sc2c1cn[nH]c2=O. The zero-order chi connectivity index (χ0) is 19.1. The topological polar surface area (TPSA) is 85.1 Å². The lowest BCUT2D eigenvalue weighted by Crippen LogP contribution is -2.25. The first-order valence-corrected chi connectivity index (χ1v) is 10.2. The summed E-state index contributed by atoms with van der Waals surface area (Å²) in [6, 6.07) is 8.09. The number of nitrogens with zero attached hydrogens (tertiary/aromatic N) is 4. The van der Waals surface area contributed by atoms with Crippen LogP contribution in [0.3, 0.4) is 0 Å². The molecule has 0 amide bonds. The van der Waals surface area contributed by atoms with E-state index in [4.69, 9.17) is 0 Å². The molecule has 2 heterocycles. The molecule has 0 unspecified atom stereocenters. The van der Waals surface area contributed by atoms with Crippen LogP contribution in [-0.4, -0.2) is 21.1 Å². The number of aromatic amines is 1. The van der Waals surface area contributed by atoms with Gasteiger partial charge in [-0.05, 0) is 31.0 Å². The highest BCUT2D eigenvalue weighted by molar-refractivity contribution is 8.38. The molecule has 0 saturated heterocycles. The number of H-pyrrole nitrogens is 1. The van der Waals surface area contributed by atoms with Crippen molar-refractivity contribution in [2.45, 2.75) is 38.3 Å². The molecule has 0 spiro atoms. The molecule has 0 aliphatic carbocycles. The van der Waals surface area contributed by atoms with Gasteiger partial charge < -0.3 is 0 Å². The van der Waals surface area contributed by atoms with Gasteiger partial charge in [-0.15, -0.1) is 0 Å². The van der Waals surface area contributed by atoms with Gasteiger partial charge >= 0.3 is 0 Å². The lowest BCUT2D eigenvalue weighted by atomic mass is 10.1. The molecular weight excluding hydrogens is 366 g/mol. The smallest absolute Gasteiger partial charge is 0.267 e. The minimum atomic E-state index is -0.211. The minimum absolute atomic E-state index is 0.211. The number of anilines is 1. The number of benzene rings is 1. The van der Waals surface area contributed by atoms with Gasteiger partial charge in [0.25, 0.3) is 5.56 Å². The third-order valence-corrected chi connectivity index (χ3v) is 5.74. The van der Waals surface area contributed by atoms with Crippen molar-refractivity contribution in [3.05, 3.63) is 51.4 Å². The van der Waals surface area contributed by atoms with E-state index in [1.165, 1.54) is 23.5 Å². The number of hydrogen-bond acceptors (Lipinski definition) is 7. The Morgan fingerprint density at radius 1 is 1.38 bits per heavy atom. The van der Waals surface area contributed by atoms with Crippen molar-refractivity contribution < 1.29 is 0 Å². The molecule has 0 radical (unpaired) electrons. The number of aryl methyl sites for hydroxylation is 1. The molecule has 136 valence electrons. The van der Waals surface area contributed by atoms with Crippen molar-refractivity contribution >= 4 is 33.6 Å². The van der Waals surface area contributed by atoms with Gasteiger partial charge in [0.2, 0.25) is 0 Å². The van der Waals surface area contributed by atoms with Crippen molar-refractivity contribution in [2.24, 2.45) is 5.10 Å². The Morgan fingerprint density at radius 3 is 2.85 bits per heavy atom. The summed E-state index contributed by atoms with van der Waals surface area (Å²) in [5.74, 6) is 0.630. The van der Waals surface area contributed by atoms with Crippen LogP contribution in [0.2, 0.25) is 0 Å². The van der Waals surface area contributed by atoms with Gasteiger partial charge in [0.1, 0.15) is 4.90 Å². The Morgan fingerprint density at radius 2 is 2.15 bits per heavy atom. The monoisotopic (exact) mass is 387 g/mol. The lowest BCUT2D eigenvalue weighted by molar-refractivity contribution is 0.843. The second-order valence-corrected chi connectivity index (χ2v) is 7.38. The van der Waals surface area contributed by atoms with Crippen LogP contribution in [0.1, 0.15) is 37.5 Å². The van der Waals surface area contributed by atoms with E-state index in [0.29, 0.717) is 22.8 Å². The van der Waals surface area contributed by atoms with Crippen LogP contribution in [0.25, 0.3) is 0 Å². The molecule has 1 N–H and O–H groups in total. The van der Waals surface area contributed by atoms with Gasteiger partial charge in [-0.25, -0.2) is 5.10 Å². The zero-order valence-corrected chi connectivity index (χ0v) is 16.9. The molecule has 1 aromatic heterocycles. The van der Waals surface area contributed by atoms with E-state index in [1.54, 1.807) is 11.2 Å². The fourth-order valence-electron chi connectivity index (χ4n) is 2.28. The van der Waals surface area contributed by atoms with Crippen LogP contribution in [-0.2, 0) is 5.75 Å². The maximum atomic E-state index is 12.0. The summed E-state index contributed by atoms with van der Waals surface area (Å²) in [4.78, 5) is 12.6. The lowest BCUT2D eigenvalue weighted by Gasteiger charge is -2.24. The van der Waals surface area contributed by atoms with E-state index >= 15 is 0 Å². The first-order chi connectivity index (χ1) is 12.6. The van der Waals surface area contributed by atoms with Gasteiger partial charge in [0, 0.05) is 12.3 Å². The quantitative estimate of drug-likeness (QED) is 0.853. The average molecular weight is 388 g/mol.